The fourth-order valence-electron chi connectivity index (χ4n) is 2.72. The van der Waals surface area contributed by atoms with Gasteiger partial charge in [0.15, 0.2) is 0 Å². The van der Waals surface area contributed by atoms with Crippen LogP contribution >= 0.6 is 11.8 Å². The van der Waals surface area contributed by atoms with Crippen LogP contribution in [0.4, 0.5) is 4.79 Å². The van der Waals surface area contributed by atoms with Gasteiger partial charge in [-0.1, -0.05) is 43.3 Å². The molecular weight excluding hydrogens is 372 g/mol. The van der Waals surface area contributed by atoms with Gasteiger partial charge in [-0.25, -0.2) is 0 Å². The summed E-state index contributed by atoms with van der Waals surface area (Å²) in [5.74, 6) is 0.319. The van der Waals surface area contributed by atoms with Crippen LogP contribution in [-0.4, -0.2) is 22.2 Å². The number of carbonyl (C=O) groups excluding carboxylic acids is 2. The Morgan fingerprint density at radius 2 is 1.89 bits per heavy atom. The van der Waals surface area contributed by atoms with Crippen molar-refractivity contribution in [2.75, 3.05) is 0 Å². The first kappa shape index (κ1) is 19.7. The van der Waals surface area contributed by atoms with Crippen molar-refractivity contribution in [1.29, 1.82) is 5.26 Å². The Morgan fingerprint density at radius 1 is 1.18 bits per heavy atom. The first-order valence-corrected chi connectivity index (χ1v) is 9.84. The summed E-state index contributed by atoms with van der Waals surface area (Å²) in [6.45, 7) is 4.10. The number of nitriles is 1. The third-order valence-electron chi connectivity index (χ3n) is 4.45. The van der Waals surface area contributed by atoms with E-state index in [2.05, 4.69) is 6.07 Å². The van der Waals surface area contributed by atoms with Gasteiger partial charge >= 0.3 is 0 Å². The van der Waals surface area contributed by atoms with Crippen molar-refractivity contribution >= 4 is 29.0 Å². The molecule has 28 heavy (non-hydrogen) atoms. The molecule has 0 radical (unpaired) electrons. The Hall–Kier alpha value is -3.04. The summed E-state index contributed by atoms with van der Waals surface area (Å²) in [6, 6.07) is 16.5. The first-order valence-electron chi connectivity index (χ1n) is 9.02. The average Bonchev–Trinajstić information content (AvgIpc) is 2.97. The van der Waals surface area contributed by atoms with Gasteiger partial charge in [-0.3, -0.25) is 14.5 Å². The van der Waals surface area contributed by atoms with Gasteiger partial charge in [-0.2, -0.15) is 5.26 Å². The predicted molar refractivity (Wildman–Crippen MR) is 109 cm³/mol. The van der Waals surface area contributed by atoms with Crippen LogP contribution in [0.2, 0.25) is 0 Å². The molecule has 1 fully saturated rings. The largest absolute Gasteiger partial charge is 0.490 e. The average molecular weight is 392 g/mol. The lowest BCUT2D eigenvalue weighted by Crippen LogP contribution is -2.27. The number of thioether (sulfide) groups is 1. The lowest BCUT2D eigenvalue weighted by atomic mass is 10.1. The summed E-state index contributed by atoms with van der Waals surface area (Å²) in [7, 11) is 0. The second kappa shape index (κ2) is 8.77. The van der Waals surface area contributed by atoms with Crippen LogP contribution in [0.25, 0.3) is 6.08 Å². The molecule has 1 aliphatic rings. The smallest absolute Gasteiger partial charge is 0.293 e. The van der Waals surface area contributed by atoms with Crippen molar-refractivity contribution in [3.8, 4) is 11.8 Å². The molecular formula is C22H20N2O3S. The van der Waals surface area contributed by atoms with Gasteiger partial charge in [-0.05, 0) is 48.9 Å². The molecule has 0 N–H and O–H groups in total. The molecule has 0 spiro atoms. The summed E-state index contributed by atoms with van der Waals surface area (Å²) in [5.41, 5.74) is 1.86. The summed E-state index contributed by atoms with van der Waals surface area (Å²) >= 11 is 0.903. The second-order valence-electron chi connectivity index (χ2n) is 6.41. The minimum Gasteiger partial charge on any atom is -0.490 e. The van der Waals surface area contributed by atoms with E-state index in [9.17, 15) is 14.9 Å². The molecule has 142 valence electrons. The highest BCUT2D eigenvalue weighted by molar-refractivity contribution is 8.18. The van der Waals surface area contributed by atoms with Crippen molar-refractivity contribution in [2.45, 2.75) is 32.9 Å². The number of hydrogen-bond donors (Lipinski definition) is 0. The van der Waals surface area contributed by atoms with E-state index < -0.39 is 0 Å². The van der Waals surface area contributed by atoms with Crippen LogP contribution in [0.3, 0.4) is 0 Å². The van der Waals surface area contributed by atoms with E-state index in [0.717, 1.165) is 23.7 Å². The predicted octanol–water partition coefficient (Wildman–Crippen LogP) is 4.97. The lowest BCUT2D eigenvalue weighted by Gasteiger charge is -2.15. The zero-order valence-electron chi connectivity index (χ0n) is 15.7. The Morgan fingerprint density at radius 3 is 2.64 bits per heavy atom. The fraction of sp³-hybridized carbons (Fsp3) is 0.227. The van der Waals surface area contributed by atoms with E-state index in [1.165, 1.54) is 4.90 Å². The summed E-state index contributed by atoms with van der Waals surface area (Å²) in [4.78, 5) is 26.7. The molecule has 1 atom stereocenters. The molecule has 5 nitrogen and oxygen atoms in total. The standard InChI is InChI=1S/C22H20N2O3S/c1-3-15(2)27-19-11-7-6-8-16(19)12-20-21(25)24(22(26)28-20)14-18-10-5-4-9-17(18)13-23/h4-12,15H,3,14H2,1-2H3/b20-12+/t15-/m0/s1. The molecule has 2 amide bonds. The fourth-order valence-corrected chi connectivity index (χ4v) is 3.55. The van der Waals surface area contributed by atoms with Crippen molar-refractivity contribution in [3.63, 3.8) is 0 Å². The highest BCUT2D eigenvalue weighted by Gasteiger charge is 2.35. The third-order valence-corrected chi connectivity index (χ3v) is 5.36. The molecule has 1 saturated heterocycles. The van der Waals surface area contributed by atoms with Gasteiger partial charge in [0.2, 0.25) is 0 Å². The molecule has 1 aliphatic heterocycles. The maximum atomic E-state index is 12.8. The maximum Gasteiger partial charge on any atom is 0.293 e. The third kappa shape index (κ3) is 4.26. The van der Waals surface area contributed by atoms with E-state index in [0.29, 0.717) is 21.8 Å². The van der Waals surface area contributed by atoms with Crippen molar-refractivity contribution < 1.29 is 14.3 Å². The molecule has 2 aromatic rings. The molecule has 0 aromatic heterocycles. The van der Waals surface area contributed by atoms with Gasteiger partial charge < -0.3 is 4.74 Å². The van der Waals surface area contributed by atoms with Gasteiger partial charge in [0.05, 0.1) is 29.2 Å². The number of para-hydroxylation sites is 1. The van der Waals surface area contributed by atoms with Crippen LogP contribution in [0, 0.1) is 11.3 Å². The molecule has 2 aromatic carbocycles. The molecule has 0 bridgehead atoms. The number of carbonyl (C=O) groups is 2. The molecule has 1 heterocycles. The number of imide groups is 1. The Balaban J connectivity index is 1.85. The van der Waals surface area contributed by atoms with Crippen LogP contribution < -0.4 is 4.74 Å². The van der Waals surface area contributed by atoms with E-state index in [-0.39, 0.29) is 23.8 Å². The summed E-state index contributed by atoms with van der Waals surface area (Å²) in [6.07, 6.45) is 2.61. The molecule has 0 aliphatic carbocycles. The quantitative estimate of drug-likeness (QED) is 0.649. The van der Waals surface area contributed by atoms with E-state index in [1.54, 1.807) is 30.3 Å². The Kier molecular flexibility index (Phi) is 6.17. The monoisotopic (exact) mass is 392 g/mol. The zero-order chi connectivity index (χ0) is 20.1. The molecule has 3 rings (SSSR count). The number of hydrogen-bond acceptors (Lipinski definition) is 5. The highest BCUT2D eigenvalue weighted by Crippen LogP contribution is 2.35. The van der Waals surface area contributed by atoms with Gasteiger partial charge in [-0.15, -0.1) is 0 Å². The minimum absolute atomic E-state index is 0.0482. The van der Waals surface area contributed by atoms with E-state index >= 15 is 0 Å². The van der Waals surface area contributed by atoms with Crippen LogP contribution in [-0.2, 0) is 11.3 Å². The van der Waals surface area contributed by atoms with Crippen LogP contribution in [0.1, 0.15) is 37.0 Å². The minimum atomic E-state index is -0.360. The molecule has 6 heteroatoms. The lowest BCUT2D eigenvalue weighted by molar-refractivity contribution is -0.123. The number of rotatable bonds is 6. The van der Waals surface area contributed by atoms with Crippen molar-refractivity contribution in [1.82, 2.24) is 4.90 Å². The van der Waals surface area contributed by atoms with Gasteiger partial charge in [0.25, 0.3) is 11.1 Å². The van der Waals surface area contributed by atoms with E-state index in [4.69, 9.17) is 4.74 Å². The van der Waals surface area contributed by atoms with Crippen molar-refractivity contribution in [2.24, 2.45) is 0 Å². The maximum absolute atomic E-state index is 12.8. The van der Waals surface area contributed by atoms with Crippen LogP contribution in [0.15, 0.2) is 53.4 Å². The van der Waals surface area contributed by atoms with E-state index in [1.807, 2.05) is 38.1 Å². The summed E-state index contributed by atoms with van der Waals surface area (Å²) in [5, 5.41) is 8.88. The number of amides is 2. The normalized spacial score (nSPS) is 16.3. The Labute approximate surface area is 168 Å². The van der Waals surface area contributed by atoms with Crippen LogP contribution in [0.5, 0.6) is 5.75 Å². The van der Waals surface area contributed by atoms with Gasteiger partial charge in [0, 0.05) is 5.56 Å². The van der Waals surface area contributed by atoms with Crippen molar-refractivity contribution in [3.05, 3.63) is 70.1 Å². The molecule has 0 unspecified atom stereocenters. The number of ether oxygens (including phenoxy) is 1. The molecule has 0 saturated carbocycles. The topological polar surface area (TPSA) is 70.4 Å². The Bertz CT molecular complexity index is 978. The number of benzene rings is 2. The number of nitrogens with zero attached hydrogens (tertiary/aromatic N) is 2. The first-order chi connectivity index (χ1) is 13.5. The second-order valence-corrected chi connectivity index (χ2v) is 7.40. The zero-order valence-corrected chi connectivity index (χ0v) is 16.5. The van der Waals surface area contributed by atoms with Gasteiger partial charge in [0.1, 0.15) is 5.75 Å². The summed E-state index contributed by atoms with van der Waals surface area (Å²) < 4.78 is 5.92. The highest BCUT2D eigenvalue weighted by atomic mass is 32.2. The SMILES string of the molecule is CC[C@H](C)Oc1ccccc1/C=C1/SC(=O)N(Cc2ccccc2C#N)C1=O.